The monoisotopic (exact) mass is 399 g/mol. The Labute approximate surface area is 163 Å². The van der Waals surface area contributed by atoms with Crippen LogP contribution in [0.4, 0.5) is 19.0 Å². The molecule has 0 saturated heterocycles. The summed E-state index contributed by atoms with van der Waals surface area (Å²) in [4.78, 5) is 4.51. The summed E-state index contributed by atoms with van der Waals surface area (Å²) in [6, 6.07) is 15.1. The Kier molecular flexibility index (Phi) is 4.62. The van der Waals surface area contributed by atoms with Gasteiger partial charge >= 0.3 is 6.36 Å². The van der Waals surface area contributed by atoms with Crippen LogP contribution in [0.5, 0.6) is 5.75 Å². The zero-order chi connectivity index (χ0) is 20.6. The van der Waals surface area contributed by atoms with Crippen molar-refractivity contribution in [3.63, 3.8) is 0 Å². The van der Waals surface area contributed by atoms with Gasteiger partial charge in [-0.1, -0.05) is 23.4 Å². The summed E-state index contributed by atoms with van der Waals surface area (Å²) in [5.41, 5.74) is 10.6. The average molecular weight is 399 g/mol. The van der Waals surface area contributed by atoms with E-state index in [0.29, 0.717) is 23.0 Å². The van der Waals surface area contributed by atoms with Crippen LogP contribution in [0.15, 0.2) is 59.1 Å². The molecule has 5 nitrogen and oxygen atoms in total. The van der Waals surface area contributed by atoms with Crippen molar-refractivity contribution in [2.75, 3.05) is 5.73 Å². The zero-order valence-electron chi connectivity index (χ0n) is 15.3. The first kappa shape index (κ1) is 18.8. The van der Waals surface area contributed by atoms with Crippen LogP contribution in [0.2, 0.25) is 0 Å². The third kappa shape index (κ3) is 4.16. The Morgan fingerprint density at radius 1 is 1.03 bits per heavy atom. The number of fused-ring (bicyclic) bond motifs is 1. The molecule has 0 atom stereocenters. The Hall–Kier alpha value is -3.55. The van der Waals surface area contributed by atoms with Gasteiger partial charge in [0, 0.05) is 23.4 Å². The molecule has 29 heavy (non-hydrogen) atoms. The molecule has 2 heterocycles. The maximum Gasteiger partial charge on any atom is 0.573 e. The van der Waals surface area contributed by atoms with Crippen LogP contribution in [-0.2, 0) is 6.42 Å². The summed E-state index contributed by atoms with van der Waals surface area (Å²) >= 11 is 0. The molecule has 4 aromatic rings. The molecule has 2 aromatic carbocycles. The molecule has 0 bridgehead atoms. The first-order valence-corrected chi connectivity index (χ1v) is 8.75. The second kappa shape index (κ2) is 7.12. The fraction of sp³-hybridized carbons (Fsp3) is 0.143. The van der Waals surface area contributed by atoms with Crippen LogP contribution in [0.1, 0.15) is 17.0 Å². The van der Waals surface area contributed by atoms with Crippen LogP contribution < -0.4 is 10.5 Å². The molecule has 0 spiro atoms. The van der Waals surface area contributed by atoms with E-state index in [1.165, 1.54) is 12.1 Å². The third-order valence-electron chi connectivity index (χ3n) is 4.42. The summed E-state index contributed by atoms with van der Waals surface area (Å²) in [6.45, 7) is 1.91. The Balaban J connectivity index is 1.74. The molecule has 0 radical (unpaired) electrons. The van der Waals surface area contributed by atoms with Crippen molar-refractivity contribution in [2.45, 2.75) is 19.7 Å². The second-order valence-electron chi connectivity index (χ2n) is 6.60. The number of nitrogens with two attached hydrogens (primary N) is 1. The molecule has 0 aliphatic heterocycles. The van der Waals surface area contributed by atoms with Crippen molar-refractivity contribution in [3.8, 4) is 16.9 Å². The van der Waals surface area contributed by atoms with Crippen molar-refractivity contribution in [3.05, 3.63) is 71.5 Å². The molecule has 0 fully saturated rings. The van der Waals surface area contributed by atoms with E-state index in [2.05, 4.69) is 14.9 Å². The van der Waals surface area contributed by atoms with Crippen molar-refractivity contribution in [2.24, 2.45) is 0 Å². The number of aryl methyl sites for hydroxylation is 1. The number of alkyl halides is 3. The Bertz CT molecular complexity index is 1170. The number of benzene rings is 2. The van der Waals surface area contributed by atoms with E-state index < -0.39 is 6.36 Å². The number of pyridine rings is 1. The Morgan fingerprint density at radius 3 is 2.48 bits per heavy atom. The maximum atomic E-state index is 12.4. The maximum absolute atomic E-state index is 12.4. The summed E-state index contributed by atoms with van der Waals surface area (Å²) in [5.74, 6) is -0.0340. The Morgan fingerprint density at radius 2 is 1.79 bits per heavy atom. The van der Waals surface area contributed by atoms with Gasteiger partial charge in [0.25, 0.3) is 0 Å². The number of nitrogen functional groups attached to an aromatic ring is 1. The van der Waals surface area contributed by atoms with Crippen LogP contribution in [0, 0.1) is 6.92 Å². The average Bonchev–Trinajstić information content (AvgIpc) is 3.02. The predicted molar refractivity (Wildman–Crippen MR) is 102 cm³/mol. The number of nitrogens with zero attached hydrogens (tertiary/aromatic N) is 2. The molecule has 4 rings (SSSR count). The number of ether oxygens (including phenoxy) is 1. The highest BCUT2D eigenvalue weighted by Crippen LogP contribution is 2.33. The molecule has 0 saturated carbocycles. The predicted octanol–water partition coefficient (Wildman–Crippen LogP) is 5.27. The smallest absolute Gasteiger partial charge is 0.406 e. The van der Waals surface area contributed by atoms with E-state index >= 15 is 0 Å². The van der Waals surface area contributed by atoms with Crippen LogP contribution >= 0.6 is 0 Å². The van der Waals surface area contributed by atoms with E-state index in [1.807, 2.05) is 31.2 Å². The summed E-state index contributed by atoms with van der Waals surface area (Å²) in [7, 11) is 0. The van der Waals surface area contributed by atoms with Gasteiger partial charge in [-0.2, -0.15) is 0 Å². The van der Waals surface area contributed by atoms with E-state index in [0.717, 1.165) is 22.5 Å². The number of halogens is 3. The number of aromatic nitrogens is 2. The topological polar surface area (TPSA) is 74.2 Å². The van der Waals surface area contributed by atoms with Gasteiger partial charge in [0.15, 0.2) is 11.4 Å². The lowest BCUT2D eigenvalue weighted by atomic mass is 9.98. The van der Waals surface area contributed by atoms with E-state index in [-0.39, 0.29) is 11.6 Å². The lowest BCUT2D eigenvalue weighted by Gasteiger charge is -2.10. The van der Waals surface area contributed by atoms with Crippen LogP contribution in [0.25, 0.3) is 22.1 Å². The lowest BCUT2D eigenvalue weighted by Crippen LogP contribution is -2.16. The number of anilines is 1. The zero-order valence-corrected chi connectivity index (χ0v) is 15.3. The van der Waals surface area contributed by atoms with Crippen molar-refractivity contribution >= 4 is 16.8 Å². The van der Waals surface area contributed by atoms with E-state index in [1.54, 1.807) is 18.2 Å². The molecule has 2 N–H and O–H groups in total. The highest BCUT2D eigenvalue weighted by Gasteiger charge is 2.31. The minimum atomic E-state index is -4.73. The number of hydrogen-bond donors (Lipinski definition) is 1. The van der Waals surface area contributed by atoms with E-state index in [4.69, 9.17) is 10.3 Å². The van der Waals surface area contributed by atoms with Crippen LogP contribution in [-0.4, -0.2) is 16.5 Å². The highest BCUT2D eigenvalue weighted by atomic mass is 19.4. The van der Waals surface area contributed by atoms with E-state index in [9.17, 15) is 13.2 Å². The normalized spacial score (nSPS) is 11.7. The number of hydrogen-bond acceptors (Lipinski definition) is 5. The minimum absolute atomic E-state index is 0.248. The standard InChI is InChI=1S/C21H16F3N3O2/c1-12-3-2-4-16(26-12)10-15-9-14(11-18-19(15)29-27-20(18)25)13-5-7-17(8-6-13)28-21(22,23)24/h2-9,11H,10H2,1H3,(H2,25,27). The van der Waals surface area contributed by atoms with Gasteiger partial charge in [-0.3, -0.25) is 4.98 Å². The van der Waals surface area contributed by atoms with Crippen molar-refractivity contribution in [1.29, 1.82) is 0 Å². The number of rotatable bonds is 4. The third-order valence-corrected chi connectivity index (χ3v) is 4.42. The summed E-state index contributed by atoms with van der Waals surface area (Å²) in [6.07, 6.45) is -4.23. The molecule has 0 unspecified atom stereocenters. The van der Waals surface area contributed by atoms with Crippen LogP contribution in [0.3, 0.4) is 0 Å². The second-order valence-corrected chi connectivity index (χ2v) is 6.60. The van der Waals surface area contributed by atoms with Gasteiger partial charge in [0.05, 0.1) is 5.39 Å². The fourth-order valence-electron chi connectivity index (χ4n) is 3.17. The molecule has 8 heteroatoms. The lowest BCUT2D eigenvalue weighted by molar-refractivity contribution is -0.274. The van der Waals surface area contributed by atoms with Gasteiger partial charge in [0.1, 0.15) is 5.75 Å². The largest absolute Gasteiger partial charge is 0.573 e. The highest BCUT2D eigenvalue weighted by molar-refractivity contribution is 5.93. The van der Waals surface area contributed by atoms with Gasteiger partial charge in [-0.25, -0.2) is 0 Å². The van der Waals surface area contributed by atoms with Crippen molar-refractivity contribution < 1.29 is 22.4 Å². The molecule has 148 valence electrons. The van der Waals surface area contributed by atoms with Gasteiger partial charge < -0.3 is 15.0 Å². The molecule has 0 aliphatic carbocycles. The van der Waals surface area contributed by atoms with Gasteiger partial charge in [-0.15, -0.1) is 13.2 Å². The molecule has 0 aliphatic rings. The summed E-state index contributed by atoms with van der Waals surface area (Å²) in [5, 5.41) is 4.48. The van der Waals surface area contributed by atoms with Gasteiger partial charge in [-0.05, 0) is 54.4 Å². The molecule has 0 amide bonds. The SMILES string of the molecule is Cc1cccc(Cc2cc(-c3ccc(OC(F)(F)F)cc3)cc3c(N)noc23)n1. The molecule has 2 aromatic heterocycles. The van der Waals surface area contributed by atoms with Gasteiger partial charge in [0.2, 0.25) is 0 Å². The molecular formula is C21H16F3N3O2. The quantitative estimate of drug-likeness (QED) is 0.506. The first-order chi connectivity index (χ1) is 13.8. The fourth-order valence-corrected chi connectivity index (χ4v) is 3.17. The summed E-state index contributed by atoms with van der Waals surface area (Å²) < 4.78 is 46.5. The minimum Gasteiger partial charge on any atom is -0.406 e. The van der Waals surface area contributed by atoms with Crippen molar-refractivity contribution in [1.82, 2.24) is 10.1 Å². The molecular weight excluding hydrogens is 383 g/mol. The first-order valence-electron chi connectivity index (χ1n) is 8.75.